The summed E-state index contributed by atoms with van der Waals surface area (Å²) in [6, 6.07) is 0.462. The van der Waals surface area contributed by atoms with Crippen LogP contribution in [0.1, 0.15) is 12.8 Å². The monoisotopic (exact) mass is 223 g/mol. The Kier molecular flexibility index (Phi) is 6.67. The molecule has 0 aromatic heterocycles. The number of nitrogens with two attached hydrogens (primary N) is 1. The van der Waals surface area contributed by atoms with Crippen molar-refractivity contribution < 1.29 is 23.2 Å². The lowest BCUT2D eigenvalue weighted by Gasteiger charge is -2.25. The summed E-state index contributed by atoms with van der Waals surface area (Å²) in [4.78, 5) is 10.3. The van der Waals surface area contributed by atoms with Crippen LogP contribution < -0.4 is 5.73 Å². The Hall–Kier alpha value is -0.473. The molecule has 3 N–H and O–H groups in total. The van der Waals surface area contributed by atoms with Crippen molar-refractivity contribution in [3.05, 3.63) is 0 Å². The van der Waals surface area contributed by atoms with Crippen molar-refractivity contribution in [3.63, 3.8) is 0 Å². The van der Waals surface area contributed by atoms with E-state index in [1.807, 2.05) is 0 Å². The van der Waals surface area contributed by atoms with E-state index in [2.05, 4.69) is 0 Å². The first-order valence-corrected chi connectivity index (χ1v) is 6.19. The second-order valence-corrected chi connectivity index (χ2v) is 5.62. The minimum atomic E-state index is -2.70. The van der Waals surface area contributed by atoms with Gasteiger partial charge in [-0.3, -0.25) is 4.79 Å². The maximum absolute atomic E-state index is 10.3. The highest BCUT2D eigenvalue weighted by atomic mass is 28.4. The molecule has 6 nitrogen and oxygen atoms in total. The lowest BCUT2D eigenvalue weighted by Crippen LogP contribution is -2.45. The topological polar surface area (TPSA) is 91.0 Å². The minimum Gasteiger partial charge on any atom is -0.481 e. The van der Waals surface area contributed by atoms with Crippen molar-refractivity contribution in [2.75, 3.05) is 21.0 Å². The van der Waals surface area contributed by atoms with Crippen LogP contribution in [0.5, 0.6) is 0 Å². The van der Waals surface area contributed by atoms with E-state index in [1.54, 1.807) is 0 Å². The summed E-state index contributed by atoms with van der Waals surface area (Å²) in [7, 11) is 0.258. The van der Waals surface area contributed by atoms with Crippen LogP contribution in [0.2, 0.25) is 6.04 Å². The lowest BCUT2D eigenvalue weighted by atomic mass is 10.3. The number of hydrogen-bond donors (Lipinski definition) is 2. The Morgan fingerprint density at radius 3 is 2.36 bits per heavy atom. The van der Waals surface area contributed by atoms with Gasteiger partial charge in [-0.15, -0.1) is 0 Å². The average Bonchev–Trinajstić information content (AvgIpc) is 2.16. The highest BCUT2D eigenvalue weighted by molar-refractivity contribution is 6.60. The molecule has 0 saturated carbocycles. The molecule has 0 aliphatic carbocycles. The average molecular weight is 223 g/mol. The van der Waals surface area contributed by atoms with E-state index in [0.717, 1.165) is 0 Å². The van der Waals surface area contributed by atoms with Crippen molar-refractivity contribution in [1.29, 1.82) is 0 Å². The molecule has 0 radical (unpaired) electrons. The summed E-state index contributed by atoms with van der Waals surface area (Å²) in [5.74, 6) is -0.840. The summed E-state index contributed by atoms with van der Waals surface area (Å²) in [6.07, 6.45) is 0.540. The molecular weight excluding hydrogens is 206 g/mol. The van der Waals surface area contributed by atoms with E-state index in [9.17, 15) is 4.79 Å². The zero-order valence-corrected chi connectivity index (χ0v) is 9.49. The first-order chi connectivity index (χ1) is 6.60. The van der Waals surface area contributed by atoms with Crippen molar-refractivity contribution in [1.82, 2.24) is 0 Å². The van der Waals surface area contributed by atoms with Crippen LogP contribution >= 0.6 is 0 Å². The Bertz CT molecular complexity index is 173. The summed E-state index contributed by atoms with van der Waals surface area (Å²) in [5.41, 5.74) is 5.23. The van der Waals surface area contributed by atoms with Gasteiger partial charge in [0.25, 0.3) is 0 Å². The van der Waals surface area contributed by atoms with Gasteiger partial charge in [-0.05, 0) is 6.42 Å². The van der Waals surface area contributed by atoms with Gasteiger partial charge in [0.1, 0.15) is 0 Å². The lowest BCUT2D eigenvalue weighted by molar-refractivity contribution is -0.137. The van der Waals surface area contributed by atoms with E-state index >= 15 is 0 Å². The molecule has 0 bridgehead atoms. The number of carboxylic acid groups (broad SMARTS) is 1. The fourth-order valence-electron chi connectivity index (χ4n) is 1.06. The molecule has 14 heavy (non-hydrogen) atoms. The third kappa shape index (κ3) is 4.68. The van der Waals surface area contributed by atoms with Crippen LogP contribution in [0.15, 0.2) is 0 Å². The maximum Gasteiger partial charge on any atom is 0.501 e. The highest BCUT2D eigenvalue weighted by Gasteiger charge is 2.38. The molecule has 0 aromatic carbocycles. The number of aliphatic carboxylic acids is 1. The van der Waals surface area contributed by atoms with Crippen molar-refractivity contribution in [2.24, 2.45) is 5.73 Å². The normalized spacial score (nSPS) is 11.6. The fourth-order valence-corrected chi connectivity index (χ4v) is 2.88. The molecule has 0 spiro atoms. The van der Waals surface area contributed by atoms with E-state index in [-0.39, 0.29) is 13.2 Å². The molecule has 0 rings (SSSR count). The second kappa shape index (κ2) is 6.90. The van der Waals surface area contributed by atoms with Crippen LogP contribution in [0.4, 0.5) is 0 Å². The van der Waals surface area contributed by atoms with Crippen LogP contribution in [0, 0.1) is 0 Å². The fraction of sp³-hybridized carbons (Fsp3) is 0.857. The molecule has 0 unspecified atom stereocenters. The van der Waals surface area contributed by atoms with Gasteiger partial charge < -0.3 is 24.1 Å². The number of hydrogen-bond acceptors (Lipinski definition) is 5. The first kappa shape index (κ1) is 13.5. The highest BCUT2D eigenvalue weighted by Crippen LogP contribution is 2.16. The summed E-state index contributed by atoms with van der Waals surface area (Å²) >= 11 is 0. The van der Waals surface area contributed by atoms with Crippen LogP contribution in [-0.2, 0) is 18.1 Å². The van der Waals surface area contributed by atoms with Crippen molar-refractivity contribution in [2.45, 2.75) is 18.9 Å². The molecule has 0 saturated heterocycles. The molecule has 0 heterocycles. The molecule has 0 fully saturated rings. The summed E-state index contributed by atoms with van der Waals surface area (Å²) < 4.78 is 15.5. The standard InChI is InChI=1S/C7H17NO5Si/c1-11-14(12-2,13-6-8)5-3-4-7(9)10/h3-6,8H2,1-2H3,(H,9,10). The predicted molar refractivity (Wildman–Crippen MR) is 51.6 cm³/mol. The quantitative estimate of drug-likeness (QED) is 0.445. The smallest absolute Gasteiger partial charge is 0.481 e. The summed E-state index contributed by atoms with van der Waals surface area (Å²) in [6.45, 7) is 0.0149. The number of carboxylic acids is 1. The van der Waals surface area contributed by atoms with Gasteiger partial charge in [0, 0.05) is 26.7 Å². The SMILES string of the molecule is CO[Si](CCCC(=O)O)(OC)OCN. The Morgan fingerprint density at radius 2 is 2.00 bits per heavy atom. The van der Waals surface area contributed by atoms with E-state index in [1.165, 1.54) is 14.2 Å². The van der Waals surface area contributed by atoms with Gasteiger partial charge in [-0.25, -0.2) is 0 Å². The van der Waals surface area contributed by atoms with E-state index in [0.29, 0.717) is 12.5 Å². The minimum absolute atomic E-state index is 0.0149. The van der Waals surface area contributed by atoms with Crippen LogP contribution in [0.25, 0.3) is 0 Å². The van der Waals surface area contributed by atoms with Gasteiger partial charge in [-0.1, -0.05) is 0 Å². The molecule has 7 heteroatoms. The van der Waals surface area contributed by atoms with Gasteiger partial charge >= 0.3 is 14.8 Å². The molecule has 0 aliphatic heterocycles. The maximum atomic E-state index is 10.3. The third-order valence-electron chi connectivity index (χ3n) is 1.80. The third-order valence-corrected chi connectivity index (χ3v) is 4.62. The molecule has 0 atom stereocenters. The molecule has 84 valence electrons. The van der Waals surface area contributed by atoms with Gasteiger partial charge in [-0.2, -0.15) is 0 Å². The Balaban J connectivity index is 4.00. The molecular formula is C7H17NO5Si. The van der Waals surface area contributed by atoms with E-state index < -0.39 is 14.8 Å². The summed E-state index contributed by atoms with van der Waals surface area (Å²) in [5, 5.41) is 8.45. The van der Waals surface area contributed by atoms with Gasteiger partial charge in [0.2, 0.25) is 0 Å². The van der Waals surface area contributed by atoms with Gasteiger partial charge in [0.05, 0.1) is 6.73 Å². The Labute approximate surface area is 84.3 Å². The molecule has 0 aromatic rings. The second-order valence-electron chi connectivity index (χ2n) is 2.65. The van der Waals surface area contributed by atoms with Crippen molar-refractivity contribution >= 4 is 14.8 Å². The van der Waals surface area contributed by atoms with Gasteiger partial charge in [0.15, 0.2) is 0 Å². The number of carbonyl (C=O) groups is 1. The first-order valence-electron chi connectivity index (χ1n) is 4.26. The largest absolute Gasteiger partial charge is 0.501 e. The zero-order valence-electron chi connectivity index (χ0n) is 8.49. The Morgan fingerprint density at radius 1 is 1.43 bits per heavy atom. The molecule has 0 aliphatic rings. The molecule has 0 amide bonds. The van der Waals surface area contributed by atoms with E-state index in [4.69, 9.17) is 24.1 Å². The zero-order chi connectivity index (χ0) is 11.0. The van der Waals surface area contributed by atoms with Crippen LogP contribution in [0.3, 0.4) is 0 Å². The number of rotatable bonds is 8. The van der Waals surface area contributed by atoms with Crippen molar-refractivity contribution in [3.8, 4) is 0 Å². The van der Waals surface area contributed by atoms with Crippen LogP contribution in [-0.4, -0.2) is 40.8 Å². The predicted octanol–water partition coefficient (Wildman–Crippen LogP) is 0.0157.